The second-order valence-electron chi connectivity index (χ2n) is 4.88. The number of carbonyl (C=O) groups is 1. The predicted molar refractivity (Wildman–Crippen MR) is 85.7 cm³/mol. The summed E-state index contributed by atoms with van der Waals surface area (Å²) in [4.78, 5) is 12.2. The monoisotopic (exact) mass is 348 g/mol. The van der Waals surface area contributed by atoms with E-state index < -0.39 is 5.41 Å². The second-order valence-corrected chi connectivity index (χ2v) is 5.80. The van der Waals surface area contributed by atoms with Crippen molar-refractivity contribution in [3.05, 3.63) is 34.3 Å². The van der Waals surface area contributed by atoms with Crippen molar-refractivity contribution in [2.75, 3.05) is 13.1 Å². The molecule has 1 aromatic rings. The van der Waals surface area contributed by atoms with Gasteiger partial charge in [0.15, 0.2) is 0 Å². The molecule has 108 valence electrons. The molecule has 3 nitrogen and oxygen atoms in total. The van der Waals surface area contributed by atoms with Gasteiger partial charge < -0.3 is 11.1 Å². The third-order valence-electron chi connectivity index (χ3n) is 3.05. The summed E-state index contributed by atoms with van der Waals surface area (Å²) in [6.07, 6.45) is 1.87. The van der Waals surface area contributed by atoms with Gasteiger partial charge in [-0.05, 0) is 50.9 Å². The maximum atomic E-state index is 12.2. The van der Waals surface area contributed by atoms with E-state index in [2.05, 4.69) is 21.2 Å². The van der Waals surface area contributed by atoms with Crippen LogP contribution < -0.4 is 11.1 Å². The normalized spacial score (nSPS) is 10.7. The second kappa shape index (κ2) is 8.56. The first kappa shape index (κ1) is 18.4. The van der Waals surface area contributed by atoms with Gasteiger partial charge in [0.2, 0.25) is 5.91 Å². The van der Waals surface area contributed by atoms with Crippen LogP contribution in [0, 0.1) is 0 Å². The Hall–Kier alpha value is -0.580. The van der Waals surface area contributed by atoms with Gasteiger partial charge in [0.25, 0.3) is 0 Å². The third kappa shape index (κ3) is 5.51. The number of unbranched alkanes of at least 4 members (excludes halogenated alkanes) is 1. The maximum Gasteiger partial charge on any atom is 0.230 e. The highest BCUT2D eigenvalue weighted by Gasteiger charge is 2.29. The summed E-state index contributed by atoms with van der Waals surface area (Å²) < 4.78 is 1.02. The Morgan fingerprint density at radius 2 is 1.84 bits per heavy atom. The van der Waals surface area contributed by atoms with E-state index in [9.17, 15) is 4.79 Å². The lowest BCUT2D eigenvalue weighted by Gasteiger charge is -2.24. The molecule has 0 saturated carbocycles. The van der Waals surface area contributed by atoms with E-state index in [1.165, 1.54) is 0 Å². The Bertz CT molecular complexity index is 393. The van der Waals surface area contributed by atoms with Crippen molar-refractivity contribution in [2.24, 2.45) is 5.73 Å². The number of benzene rings is 1. The van der Waals surface area contributed by atoms with Crippen LogP contribution in [0.5, 0.6) is 0 Å². The molecule has 0 heterocycles. The first-order valence-corrected chi connectivity index (χ1v) is 7.02. The molecule has 3 N–H and O–H groups in total. The Morgan fingerprint density at radius 3 is 2.37 bits per heavy atom. The van der Waals surface area contributed by atoms with E-state index in [1.807, 2.05) is 38.1 Å². The molecule has 0 aromatic heterocycles. The molecule has 0 aliphatic heterocycles. The summed E-state index contributed by atoms with van der Waals surface area (Å²) in [5.41, 5.74) is 5.92. The van der Waals surface area contributed by atoms with E-state index in [4.69, 9.17) is 5.73 Å². The van der Waals surface area contributed by atoms with E-state index in [0.717, 1.165) is 22.9 Å². The van der Waals surface area contributed by atoms with Crippen molar-refractivity contribution in [2.45, 2.75) is 32.1 Å². The molecular formula is C14H22BrClN2O. The molecule has 0 aliphatic carbocycles. The lowest BCUT2D eigenvalue weighted by molar-refractivity contribution is -0.125. The predicted octanol–water partition coefficient (Wildman–Crippen LogP) is 3.00. The number of carbonyl (C=O) groups excluding carboxylic acids is 1. The highest BCUT2D eigenvalue weighted by molar-refractivity contribution is 9.10. The molecule has 1 rings (SSSR count). The van der Waals surface area contributed by atoms with Crippen molar-refractivity contribution >= 4 is 34.2 Å². The van der Waals surface area contributed by atoms with Gasteiger partial charge >= 0.3 is 0 Å². The fraction of sp³-hybridized carbons (Fsp3) is 0.500. The summed E-state index contributed by atoms with van der Waals surface area (Å²) in [7, 11) is 0. The Kier molecular flexibility index (Phi) is 8.30. The van der Waals surface area contributed by atoms with Crippen LogP contribution in [0.2, 0.25) is 0 Å². The number of halogens is 2. The minimum atomic E-state index is -0.511. The molecule has 0 unspecified atom stereocenters. The van der Waals surface area contributed by atoms with Crippen LogP contribution in [0.15, 0.2) is 28.7 Å². The largest absolute Gasteiger partial charge is 0.355 e. The molecule has 1 amide bonds. The van der Waals surface area contributed by atoms with Crippen molar-refractivity contribution in [3.8, 4) is 0 Å². The summed E-state index contributed by atoms with van der Waals surface area (Å²) in [5.74, 6) is 0.0573. The van der Waals surface area contributed by atoms with E-state index in [1.54, 1.807) is 0 Å². The lowest BCUT2D eigenvalue weighted by Crippen LogP contribution is -2.40. The third-order valence-corrected chi connectivity index (χ3v) is 3.58. The van der Waals surface area contributed by atoms with Gasteiger partial charge in [-0.25, -0.2) is 0 Å². The summed E-state index contributed by atoms with van der Waals surface area (Å²) in [6, 6.07) is 7.87. The number of hydrogen-bond acceptors (Lipinski definition) is 2. The number of nitrogens with two attached hydrogens (primary N) is 1. The van der Waals surface area contributed by atoms with E-state index in [0.29, 0.717) is 13.1 Å². The summed E-state index contributed by atoms with van der Waals surface area (Å²) in [6.45, 7) is 5.24. The van der Waals surface area contributed by atoms with Gasteiger partial charge in [-0.3, -0.25) is 4.79 Å². The zero-order valence-electron chi connectivity index (χ0n) is 11.4. The average molecular weight is 350 g/mol. The first-order chi connectivity index (χ1) is 8.48. The highest BCUT2D eigenvalue weighted by Crippen LogP contribution is 2.24. The Labute approximate surface area is 129 Å². The van der Waals surface area contributed by atoms with E-state index >= 15 is 0 Å². The zero-order valence-corrected chi connectivity index (χ0v) is 13.8. The van der Waals surface area contributed by atoms with Gasteiger partial charge in [0, 0.05) is 11.0 Å². The highest BCUT2D eigenvalue weighted by atomic mass is 79.9. The smallest absolute Gasteiger partial charge is 0.230 e. The molecule has 0 saturated heterocycles. The van der Waals surface area contributed by atoms with Crippen molar-refractivity contribution in [3.63, 3.8) is 0 Å². The average Bonchev–Trinajstić information content (AvgIpc) is 2.35. The molecular weight excluding hydrogens is 328 g/mol. The van der Waals surface area contributed by atoms with Crippen molar-refractivity contribution < 1.29 is 4.79 Å². The van der Waals surface area contributed by atoms with Gasteiger partial charge in [0.1, 0.15) is 0 Å². The van der Waals surface area contributed by atoms with Gasteiger partial charge in [0.05, 0.1) is 5.41 Å². The number of rotatable bonds is 6. The molecule has 0 bridgehead atoms. The van der Waals surface area contributed by atoms with Gasteiger partial charge in [-0.2, -0.15) is 0 Å². The number of amides is 1. The van der Waals surface area contributed by atoms with Crippen molar-refractivity contribution in [1.82, 2.24) is 5.32 Å². The molecule has 0 aliphatic rings. The molecule has 0 radical (unpaired) electrons. The van der Waals surface area contributed by atoms with Crippen LogP contribution >= 0.6 is 28.3 Å². The maximum absolute atomic E-state index is 12.2. The quantitative estimate of drug-likeness (QED) is 0.776. The molecule has 0 atom stereocenters. The van der Waals surface area contributed by atoms with Crippen LogP contribution in [-0.4, -0.2) is 19.0 Å². The van der Waals surface area contributed by atoms with Crippen LogP contribution in [-0.2, 0) is 10.2 Å². The first-order valence-electron chi connectivity index (χ1n) is 6.23. The van der Waals surface area contributed by atoms with Gasteiger partial charge in [-0.1, -0.05) is 28.1 Å². The molecule has 5 heteroatoms. The minimum absolute atomic E-state index is 0. The van der Waals surface area contributed by atoms with Crippen LogP contribution in [0.25, 0.3) is 0 Å². The number of nitrogens with one attached hydrogen (secondary N) is 1. The SMILES string of the molecule is CC(C)(C(=O)NCCCCN)c1ccc(Br)cc1.Cl. The molecule has 0 fully saturated rings. The Morgan fingerprint density at radius 1 is 1.26 bits per heavy atom. The fourth-order valence-corrected chi connectivity index (χ4v) is 1.95. The topological polar surface area (TPSA) is 55.1 Å². The summed E-state index contributed by atoms with van der Waals surface area (Å²) >= 11 is 3.40. The zero-order chi connectivity index (χ0) is 13.6. The van der Waals surface area contributed by atoms with Crippen LogP contribution in [0.1, 0.15) is 32.3 Å². The molecule has 19 heavy (non-hydrogen) atoms. The van der Waals surface area contributed by atoms with Crippen molar-refractivity contribution in [1.29, 1.82) is 0 Å². The van der Waals surface area contributed by atoms with Crippen LogP contribution in [0.3, 0.4) is 0 Å². The summed E-state index contributed by atoms with van der Waals surface area (Å²) in [5, 5.41) is 2.96. The Balaban J connectivity index is 0.00000324. The lowest BCUT2D eigenvalue weighted by atomic mass is 9.84. The van der Waals surface area contributed by atoms with Crippen LogP contribution in [0.4, 0.5) is 0 Å². The molecule has 1 aromatic carbocycles. The van der Waals surface area contributed by atoms with Gasteiger partial charge in [-0.15, -0.1) is 12.4 Å². The standard InChI is InChI=1S/C14H21BrN2O.ClH/c1-14(2,11-5-7-12(15)8-6-11)13(18)17-10-4-3-9-16;/h5-8H,3-4,9-10,16H2,1-2H3,(H,17,18);1H. The minimum Gasteiger partial charge on any atom is -0.355 e. The molecule has 0 spiro atoms. The van der Waals surface area contributed by atoms with E-state index in [-0.39, 0.29) is 18.3 Å². The number of hydrogen-bond donors (Lipinski definition) is 2. The fourth-order valence-electron chi connectivity index (χ4n) is 1.69.